The molecule has 152 valence electrons. The molecular formula is C18H33N7O2. The third kappa shape index (κ3) is 5.92. The van der Waals surface area contributed by atoms with Gasteiger partial charge in [0, 0.05) is 32.7 Å². The third-order valence-corrected chi connectivity index (χ3v) is 4.44. The molecule has 1 aliphatic rings. The molecule has 2 rings (SSSR count). The summed E-state index contributed by atoms with van der Waals surface area (Å²) in [5.74, 6) is 2.46. The number of rotatable bonds is 8. The van der Waals surface area contributed by atoms with Crippen molar-refractivity contribution in [2.24, 2.45) is 10.4 Å². The summed E-state index contributed by atoms with van der Waals surface area (Å²) in [6, 6.07) is 0.208. The molecule has 0 aliphatic carbocycles. The zero-order chi connectivity index (χ0) is 19.9. The quantitative estimate of drug-likeness (QED) is 0.448. The summed E-state index contributed by atoms with van der Waals surface area (Å²) in [5, 5.41) is 14.1. The highest BCUT2D eigenvalue weighted by Crippen LogP contribution is 2.16. The standard InChI is InChI=1S/C18H33N7O2/c1-6-19-16(26)18(3,4)12-21-17(20-7-2)22-13-8-9-15-23-14(11-27-5)24-25(15)10-13/h13H,6-12H2,1-5H3,(H,19,26)(H2,20,21,22). The van der Waals surface area contributed by atoms with Crippen LogP contribution in [0.3, 0.4) is 0 Å². The fourth-order valence-corrected chi connectivity index (χ4v) is 2.93. The summed E-state index contributed by atoms with van der Waals surface area (Å²) < 4.78 is 7.06. The molecular weight excluding hydrogens is 346 g/mol. The number of nitrogens with zero attached hydrogens (tertiary/aromatic N) is 4. The summed E-state index contributed by atoms with van der Waals surface area (Å²) in [4.78, 5) is 21.3. The van der Waals surface area contributed by atoms with Gasteiger partial charge in [-0.3, -0.25) is 9.79 Å². The third-order valence-electron chi connectivity index (χ3n) is 4.44. The first-order valence-corrected chi connectivity index (χ1v) is 9.64. The van der Waals surface area contributed by atoms with Gasteiger partial charge in [-0.1, -0.05) is 0 Å². The molecule has 0 fully saturated rings. The number of aromatic nitrogens is 3. The summed E-state index contributed by atoms with van der Waals surface area (Å²) >= 11 is 0. The lowest BCUT2D eigenvalue weighted by Crippen LogP contribution is -2.48. The number of fused-ring (bicyclic) bond motifs is 1. The molecule has 3 N–H and O–H groups in total. The van der Waals surface area contributed by atoms with Gasteiger partial charge in [-0.15, -0.1) is 0 Å². The van der Waals surface area contributed by atoms with Crippen molar-refractivity contribution < 1.29 is 9.53 Å². The molecule has 1 atom stereocenters. The van der Waals surface area contributed by atoms with E-state index in [2.05, 4.69) is 31.0 Å². The molecule has 0 radical (unpaired) electrons. The first-order chi connectivity index (χ1) is 12.9. The highest BCUT2D eigenvalue weighted by atomic mass is 16.5. The molecule has 1 aromatic heterocycles. The van der Waals surface area contributed by atoms with Crippen LogP contribution in [0.5, 0.6) is 0 Å². The van der Waals surface area contributed by atoms with Crippen LogP contribution in [0.2, 0.25) is 0 Å². The maximum Gasteiger partial charge on any atom is 0.227 e. The molecule has 0 spiro atoms. The van der Waals surface area contributed by atoms with Gasteiger partial charge in [-0.2, -0.15) is 5.10 Å². The zero-order valence-electron chi connectivity index (χ0n) is 17.1. The van der Waals surface area contributed by atoms with E-state index in [-0.39, 0.29) is 11.9 Å². The minimum atomic E-state index is -0.556. The van der Waals surface area contributed by atoms with Gasteiger partial charge in [-0.05, 0) is 34.1 Å². The Kier molecular flexibility index (Phi) is 7.58. The number of methoxy groups -OCH3 is 1. The van der Waals surface area contributed by atoms with Crippen LogP contribution in [-0.4, -0.2) is 59.4 Å². The first-order valence-electron chi connectivity index (χ1n) is 9.64. The van der Waals surface area contributed by atoms with E-state index in [1.165, 1.54) is 0 Å². The molecule has 1 unspecified atom stereocenters. The van der Waals surface area contributed by atoms with Crippen molar-refractivity contribution in [2.75, 3.05) is 26.7 Å². The molecule has 0 saturated heterocycles. The van der Waals surface area contributed by atoms with Crippen LogP contribution in [0.25, 0.3) is 0 Å². The van der Waals surface area contributed by atoms with Crippen molar-refractivity contribution in [1.82, 2.24) is 30.7 Å². The summed E-state index contributed by atoms with van der Waals surface area (Å²) in [6.45, 7) is 10.7. The van der Waals surface area contributed by atoms with Crippen molar-refractivity contribution >= 4 is 11.9 Å². The topological polar surface area (TPSA) is 105 Å². The highest BCUT2D eigenvalue weighted by molar-refractivity contribution is 5.83. The van der Waals surface area contributed by atoms with Crippen LogP contribution in [0.4, 0.5) is 0 Å². The van der Waals surface area contributed by atoms with Crippen LogP contribution in [0, 0.1) is 5.41 Å². The van der Waals surface area contributed by atoms with E-state index in [9.17, 15) is 4.79 Å². The number of carbonyl (C=O) groups is 1. The van der Waals surface area contributed by atoms with Crippen LogP contribution in [0.15, 0.2) is 4.99 Å². The number of nitrogens with one attached hydrogen (secondary N) is 3. The maximum atomic E-state index is 12.2. The first kappa shape index (κ1) is 21.1. The maximum absolute atomic E-state index is 12.2. The van der Waals surface area contributed by atoms with E-state index in [0.29, 0.717) is 19.7 Å². The second-order valence-electron chi connectivity index (χ2n) is 7.38. The van der Waals surface area contributed by atoms with Crippen molar-refractivity contribution in [1.29, 1.82) is 0 Å². The molecule has 9 heteroatoms. The van der Waals surface area contributed by atoms with Gasteiger partial charge in [0.1, 0.15) is 12.4 Å². The van der Waals surface area contributed by atoms with Crippen molar-refractivity contribution in [3.8, 4) is 0 Å². The van der Waals surface area contributed by atoms with E-state index in [1.807, 2.05) is 32.4 Å². The van der Waals surface area contributed by atoms with Gasteiger partial charge in [-0.25, -0.2) is 9.67 Å². The monoisotopic (exact) mass is 379 g/mol. The number of guanidine groups is 1. The number of hydrogen-bond donors (Lipinski definition) is 3. The lowest BCUT2D eigenvalue weighted by molar-refractivity contribution is -0.128. The minimum Gasteiger partial charge on any atom is -0.377 e. The van der Waals surface area contributed by atoms with Crippen molar-refractivity contribution in [3.63, 3.8) is 0 Å². The van der Waals surface area contributed by atoms with E-state index in [1.54, 1.807) is 7.11 Å². The number of hydrogen-bond acceptors (Lipinski definition) is 5. The summed E-state index contributed by atoms with van der Waals surface area (Å²) in [5.41, 5.74) is -0.556. The predicted molar refractivity (Wildman–Crippen MR) is 104 cm³/mol. The normalized spacial score (nSPS) is 17.4. The minimum absolute atomic E-state index is 0.0141. The van der Waals surface area contributed by atoms with Gasteiger partial charge in [0.25, 0.3) is 0 Å². The van der Waals surface area contributed by atoms with Gasteiger partial charge in [0.15, 0.2) is 11.8 Å². The van der Waals surface area contributed by atoms with Gasteiger partial charge in [0.2, 0.25) is 5.91 Å². The molecule has 2 heterocycles. The summed E-state index contributed by atoms with van der Waals surface area (Å²) in [7, 11) is 1.64. The van der Waals surface area contributed by atoms with Gasteiger partial charge >= 0.3 is 0 Å². The van der Waals surface area contributed by atoms with Gasteiger partial charge in [0.05, 0.1) is 18.5 Å². The average molecular weight is 380 g/mol. The van der Waals surface area contributed by atoms with Crippen molar-refractivity contribution in [3.05, 3.63) is 11.6 Å². The van der Waals surface area contributed by atoms with E-state index < -0.39 is 5.41 Å². The Bertz CT molecular complexity index is 654. The molecule has 0 saturated carbocycles. The Hall–Kier alpha value is -2.16. The Morgan fingerprint density at radius 3 is 2.74 bits per heavy atom. The summed E-state index contributed by atoms with van der Waals surface area (Å²) in [6.07, 6.45) is 1.81. The van der Waals surface area contributed by atoms with E-state index >= 15 is 0 Å². The lowest BCUT2D eigenvalue weighted by Gasteiger charge is -2.26. The van der Waals surface area contributed by atoms with E-state index in [4.69, 9.17) is 4.74 Å². The average Bonchev–Trinajstić information content (AvgIpc) is 3.02. The molecule has 1 amide bonds. The number of aliphatic imine (C=N–C) groups is 1. The SMILES string of the molecule is CCNC(=O)C(C)(C)CN=C(NCC)NC1CCc2nc(COC)nn2C1. The number of amides is 1. The largest absolute Gasteiger partial charge is 0.377 e. The van der Waals surface area contributed by atoms with Crippen molar-refractivity contribution in [2.45, 2.75) is 59.7 Å². The van der Waals surface area contributed by atoms with Crippen LogP contribution in [0.1, 0.15) is 45.8 Å². The second kappa shape index (κ2) is 9.68. The smallest absolute Gasteiger partial charge is 0.227 e. The molecule has 0 bridgehead atoms. The van der Waals surface area contributed by atoms with Crippen LogP contribution >= 0.6 is 0 Å². The lowest BCUT2D eigenvalue weighted by atomic mass is 9.92. The number of ether oxygens (including phenoxy) is 1. The highest BCUT2D eigenvalue weighted by Gasteiger charge is 2.27. The molecule has 1 aliphatic heterocycles. The molecule has 1 aromatic rings. The molecule has 27 heavy (non-hydrogen) atoms. The Labute approximate surface area is 161 Å². The molecule has 9 nitrogen and oxygen atoms in total. The van der Waals surface area contributed by atoms with Crippen LogP contribution in [-0.2, 0) is 29.1 Å². The second-order valence-corrected chi connectivity index (χ2v) is 7.38. The predicted octanol–water partition coefficient (Wildman–Crippen LogP) is 0.457. The fraction of sp³-hybridized carbons (Fsp3) is 0.778. The molecule has 0 aromatic carbocycles. The Morgan fingerprint density at radius 2 is 2.07 bits per heavy atom. The fourth-order valence-electron chi connectivity index (χ4n) is 2.93. The number of aryl methyl sites for hydroxylation is 1. The van der Waals surface area contributed by atoms with Crippen LogP contribution < -0.4 is 16.0 Å². The van der Waals surface area contributed by atoms with Gasteiger partial charge < -0.3 is 20.7 Å². The Balaban J connectivity index is 2.00. The van der Waals surface area contributed by atoms with E-state index in [0.717, 1.165) is 43.5 Å². The zero-order valence-corrected chi connectivity index (χ0v) is 17.1. The number of carbonyl (C=O) groups excluding carboxylic acids is 1. The Morgan fingerprint density at radius 1 is 1.33 bits per heavy atom.